The van der Waals surface area contributed by atoms with Gasteiger partial charge in [-0.05, 0) is 36.5 Å². The smallest absolute Gasteiger partial charge is 0.339 e. The topological polar surface area (TPSA) is 56.5 Å². The maximum Gasteiger partial charge on any atom is 0.339 e. The van der Waals surface area contributed by atoms with Crippen molar-refractivity contribution in [1.29, 1.82) is 0 Å². The largest absolute Gasteiger partial charge is 0.453 e. The average Bonchev–Trinajstić information content (AvgIpc) is 2.41. The van der Waals surface area contributed by atoms with Crippen molar-refractivity contribution in [1.82, 2.24) is 0 Å². The van der Waals surface area contributed by atoms with Crippen LogP contribution < -0.4 is 10.4 Å². The van der Waals surface area contributed by atoms with Crippen LogP contribution in [0.2, 0.25) is 0 Å². The van der Waals surface area contributed by atoms with Crippen molar-refractivity contribution in [3.05, 3.63) is 52.1 Å². The van der Waals surface area contributed by atoms with E-state index in [1.165, 1.54) is 6.07 Å². The molecule has 22 heavy (non-hydrogen) atoms. The van der Waals surface area contributed by atoms with E-state index in [4.69, 9.17) is 9.15 Å². The Bertz CT molecular complexity index is 840. The molecule has 1 aromatic heterocycles. The van der Waals surface area contributed by atoms with Gasteiger partial charge in [0.1, 0.15) is 11.3 Å². The van der Waals surface area contributed by atoms with Crippen LogP contribution in [-0.2, 0) is 4.79 Å². The van der Waals surface area contributed by atoms with Gasteiger partial charge in [0.05, 0.1) is 11.5 Å². The molecule has 1 aliphatic carbocycles. The normalized spacial score (nSPS) is 17.9. The zero-order valence-electron chi connectivity index (χ0n) is 12.9. The van der Waals surface area contributed by atoms with E-state index in [0.717, 1.165) is 12.0 Å². The van der Waals surface area contributed by atoms with Crippen LogP contribution in [0.4, 0.5) is 0 Å². The molecule has 0 fully saturated rings. The molecular weight excluding hydrogens is 280 g/mol. The van der Waals surface area contributed by atoms with Crippen molar-refractivity contribution >= 4 is 16.8 Å². The number of hydrogen-bond donors (Lipinski definition) is 0. The fourth-order valence-electron chi connectivity index (χ4n) is 3.03. The predicted octanol–water partition coefficient (Wildman–Crippen LogP) is 3.83. The van der Waals surface area contributed by atoms with Gasteiger partial charge in [0.25, 0.3) is 0 Å². The van der Waals surface area contributed by atoms with Crippen molar-refractivity contribution < 1.29 is 13.9 Å². The molecule has 2 aromatic rings. The quantitative estimate of drug-likeness (QED) is 0.791. The highest BCUT2D eigenvalue weighted by Crippen LogP contribution is 2.38. The van der Waals surface area contributed by atoms with Gasteiger partial charge in [0.15, 0.2) is 11.5 Å². The SMILES string of the molecule is CC1=C(Oc2cc(=O)oc3ccccc23)C(=O)CC(C)(C)C1. The first-order valence-corrected chi connectivity index (χ1v) is 7.29. The number of hydrogen-bond acceptors (Lipinski definition) is 4. The van der Waals surface area contributed by atoms with E-state index in [1.54, 1.807) is 18.2 Å². The summed E-state index contributed by atoms with van der Waals surface area (Å²) in [5, 5.41) is 0.681. The number of benzene rings is 1. The van der Waals surface area contributed by atoms with Crippen molar-refractivity contribution in [2.24, 2.45) is 5.41 Å². The number of carbonyl (C=O) groups excluding carboxylic acids is 1. The van der Waals surface area contributed by atoms with E-state index in [-0.39, 0.29) is 11.2 Å². The minimum Gasteiger partial charge on any atom is -0.453 e. The molecule has 0 amide bonds. The van der Waals surface area contributed by atoms with Crippen LogP contribution in [0.15, 0.2) is 50.9 Å². The van der Waals surface area contributed by atoms with Crippen LogP contribution in [0.25, 0.3) is 11.0 Å². The fourth-order valence-corrected chi connectivity index (χ4v) is 3.03. The van der Waals surface area contributed by atoms with E-state index in [1.807, 2.05) is 13.0 Å². The molecule has 0 radical (unpaired) electrons. The predicted molar refractivity (Wildman–Crippen MR) is 83.8 cm³/mol. The molecular formula is C18H18O4. The average molecular weight is 298 g/mol. The first-order chi connectivity index (χ1) is 10.4. The highest BCUT2D eigenvalue weighted by atomic mass is 16.5. The maximum absolute atomic E-state index is 12.4. The van der Waals surface area contributed by atoms with Crippen molar-refractivity contribution in [2.45, 2.75) is 33.6 Å². The number of para-hydroxylation sites is 1. The van der Waals surface area contributed by atoms with Crippen LogP contribution in [0.1, 0.15) is 33.6 Å². The summed E-state index contributed by atoms with van der Waals surface area (Å²) in [7, 11) is 0. The lowest BCUT2D eigenvalue weighted by Crippen LogP contribution is -2.27. The summed E-state index contributed by atoms with van der Waals surface area (Å²) in [5.74, 6) is 0.704. The van der Waals surface area contributed by atoms with Gasteiger partial charge < -0.3 is 9.15 Å². The summed E-state index contributed by atoms with van der Waals surface area (Å²) in [6, 6.07) is 8.42. The Balaban J connectivity index is 2.07. The zero-order valence-corrected chi connectivity index (χ0v) is 12.9. The molecule has 0 spiro atoms. The second-order valence-electron chi connectivity index (χ2n) is 6.58. The standard InChI is InChI=1S/C18H18O4/c1-11-9-18(2,3)10-13(19)17(11)22-15-8-16(20)21-14-7-5-4-6-12(14)15/h4-8H,9-10H2,1-3H3. The van der Waals surface area contributed by atoms with E-state index in [2.05, 4.69) is 13.8 Å². The molecule has 0 aliphatic heterocycles. The highest BCUT2D eigenvalue weighted by Gasteiger charge is 2.32. The second kappa shape index (κ2) is 5.13. The summed E-state index contributed by atoms with van der Waals surface area (Å²) < 4.78 is 11.0. The first kappa shape index (κ1) is 14.6. The number of ketones is 1. The van der Waals surface area contributed by atoms with Gasteiger partial charge in [0, 0.05) is 6.42 Å². The molecule has 3 rings (SSSR count). The minimum atomic E-state index is -0.490. The number of carbonyl (C=O) groups is 1. The van der Waals surface area contributed by atoms with Crippen LogP contribution in [0.5, 0.6) is 5.75 Å². The van der Waals surface area contributed by atoms with Crippen molar-refractivity contribution in [3.63, 3.8) is 0 Å². The molecule has 0 atom stereocenters. The van der Waals surface area contributed by atoms with E-state index >= 15 is 0 Å². The third-order valence-electron chi connectivity index (χ3n) is 3.85. The van der Waals surface area contributed by atoms with Crippen LogP contribution >= 0.6 is 0 Å². The Morgan fingerprint density at radius 1 is 1.14 bits per heavy atom. The minimum absolute atomic E-state index is 0.0222. The molecule has 4 nitrogen and oxygen atoms in total. The molecule has 114 valence electrons. The van der Waals surface area contributed by atoms with E-state index in [9.17, 15) is 9.59 Å². The third-order valence-corrected chi connectivity index (χ3v) is 3.85. The van der Waals surface area contributed by atoms with Gasteiger partial charge in [0.2, 0.25) is 0 Å². The fraction of sp³-hybridized carbons (Fsp3) is 0.333. The number of allylic oxidation sites excluding steroid dienone is 2. The molecule has 0 saturated heterocycles. The second-order valence-corrected chi connectivity index (χ2v) is 6.58. The maximum atomic E-state index is 12.4. The Kier molecular flexibility index (Phi) is 3.39. The summed E-state index contributed by atoms with van der Waals surface area (Å²) in [6.45, 7) is 6.04. The Morgan fingerprint density at radius 3 is 2.59 bits per heavy atom. The van der Waals surface area contributed by atoms with Gasteiger partial charge in [-0.15, -0.1) is 0 Å². The lowest BCUT2D eigenvalue weighted by atomic mass is 9.76. The Labute approximate surface area is 128 Å². The van der Waals surface area contributed by atoms with E-state index < -0.39 is 5.63 Å². The number of ether oxygens (including phenoxy) is 1. The number of rotatable bonds is 2. The first-order valence-electron chi connectivity index (χ1n) is 7.29. The molecule has 0 saturated carbocycles. The summed E-state index contributed by atoms with van der Waals surface area (Å²) >= 11 is 0. The number of Topliss-reactive ketones (excluding diaryl/α,β-unsaturated/α-hetero) is 1. The van der Waals surface area contributed by atoms with Crippen LogP contribution in [0.3, 0.4) is 0 Å². The lowest BCUT2D eigenvalue weighted by molar-refractivity contribution is -0.120. The summed E-state index contributed by atoms with van der Waals surface area (Å²) in [4.78, 5) is 24.0. The van der Waals surface area contributed by atoms with Gasteiger partial charge >= 0.3 is 5.63 Å². The highest BCUT2D eigenvalue weighted by molar-refractivity contribution is 5.96. The van der Waals surface area contributed by atoms with Crippen molar-refractivity contribution in [3.8, 4) is 5.75 Å². The molecule has 1 aliphatic rings. The van der Waals surface area contributed by atoms with Gasteiger partial charge in [-0.1, -0.05) is 26.0 Å². The number of fused-ring (bicyclic) bond motifs is 1. The Morgan fingerprint density at radius 2 is 1.86 bits per heavy atom. The zero-order chi connectivity index (χ0) is 15.9. The van der Waals surface area contributed by atoms with Gasteiger partial charge in [-0.25, -0.2) is 4.79 Å². The molecule has 0 bridgehead atoms. The van der Waals surface area contributed by atoms with E-state index in [0.29, 0.717) is 28.9 Å². The van der Waals surface area contributed by atoms with Crippen LogP contribution in [0, 0.1) is 5.41 Å². The van der Waals surface area contributed by atoms with Crippen LogP contribution in [-0.4, -0.2) is 5.78 Å². The molecule has 1 aromatic carbocycles. The Hall–Kier alpha value is -2.36. The molecule has 0 N–H and O–H groups in total. The third kappa shape index (κ3) is 2.69. The lowest BCUT2D eigenvalue weighted by Gasteiger charge is -2.30. The summed E-state index contributed by atoms with van der Waals surface area (Å²) in [5.41, 5.74) is 0.826. The monoisotopic (exact) mass is 298 g/mol. The van der Waals surface area contributed by atoms with Gasteiger partial charge in [-0.3, -0.25) is 4.79 Å². The molecule has 0 unspecified atom stereocenters. The van der Waals surface area contributed by atoms with Gasteiger partial charge in [-0.2, -0.15) is 0 Å². The molecule has 1 heterocycles. The molecule has 4 heteroatoms. The summed E-state index contributed by atoms with van der Waals surface area (Å²) in [6.07, 6.45) is 1.24. The van der Waals surface area contributed by atoms with Crippen molar-refractivity contribution in [2.75, 3.05) is 0 Å².